The molecule has 1 aromatic carbocycles. The number of benzene rings is 1. The first kappa shape index (κ1) is 17.6. The maximum absolute atomic E-state index is 12.0. The van der Waals surface area contributed by atoms with Crippen molar-refractivity contribution < 1.29 is 19.1 Å². The molecular weight excluding hydrogens is 328 g/mol. The minimum Gasteiger partial charge on any atom is -0.493 e. The summed E-state index contributed by atoms with van der Waals surface area (Å²) in [5.41, 5.74) is 1.48. The number of nitriles is 1. The second-order valence-corrected chi connectivity index (χ2v) is 5.88. The van der Waals surface area contributed by atoms with E-state index in [0.717, 1.165) is 22.2 Å². The topological polar surface area (TPSA) is 79.6 Å². The molecular formula is C17H16N2O4S. The van der Waals surface area contributed by atoms with Crippen LogP contribution in [0.5, 0.6) is 11.5 Å². The van der Waals surface area contributed by atoms with Crippen molar-refractivity contribution in [3.05, 3.63) is 40.8 Å². The molecule has 0 spiro atoms. The van der Waals surface area contributed by atoms with Crippen molar-refractivity contribution in [2.45, 2.75) is 6.42 Å². The number of ether oxygens (including phenoxy) is 2. The molecule has 0 saturated carbocycles. The van der Waals surface area contributed by atoms with E-state index in [9.17, 15) is 9.59 Å². The van der Waals surface area contributed by atoms with Crippen molar-refractivity contribution >= 4 is 29.0 Å². The van der Waals surface area contributed by atoms with Gasteiger partial charge < -0.3 is 9.47 Å². The van der Waals surface area contributed by atoms with Crippen LogP contribution in [-0.4, -0.2) is 36.8 Å². The summed E-state index contributed by atoms with van der Waals surface area (Å²) in [5.74, 6) is 0.588. The Labute approximate surface area is 144 Å². The van der Waals surface area contributed by atoms with E-state index in [0.29, 0.717) is 28.4 Å². The summed E-state index contributed by atoms with van der Waals surface area (Å²) in [7, 11) is 2.94. The number of imide groups is 1. The monoisotopic (exact) mass is 344 g/mol. The molecule has 2 amide bonds. The number of likely N-dealkylation sites (N-methyl/N-ethyl adjacent to an activating group) is 1. The number of carbonyl (C=O) groups excluding carboxylic acids is 2. The molecule has 1 heterocycles. The fraction of sp³-hybridized carbons (Fsp3) is 0.235. The molecule has 0 unspecified atom stereocenters. The summed E-state index contributed by atoms with van der Waals surface area (Å²) >= 11 is 0.891. The van der Waals surface area contributed by atoms with Crippen LogP contribution in [-0.2, 0) is 11.2 Å². The molecule has 0 aromatic heterocycles. The second kappa shape index (κ2) is 7.70. The molecule has 0 N–H and O–H groups in total. The van der Waals surface area contributed by atoms with Crippen LogP contribution >= 0.6 is 11.8 Å². The van der Waals surface area contributed by atoms with E-state index in [4.69, 9.17) is 14.7 Å². The minimum absolute atomic E-state index is 0.103. The highest BCUT2D eigenvalue weighted by atomic mass is 32.2. The fourth-order valence-electron chi connectivity index (χ4n) is 2.19. The molecule has 0 aliphatic carbocycles. The van der Waals surface area contributed by atoms with Crippen molar-refractivity contribution in [3.63, 3.8) is 0 Å². The first-order valence-electron chi connectivity index (χ1n) is 7.05. The van der Waals surface area contributed by atoms with E-state index in [-0.39, 0.29) is 17.8 Å². The van der Waals surface area contributed by atoms with Crippen molar-refractivity contribution in [2.75, 3.05) is 20.8 Å². The van der Waals surface area contributed by atoms with Gasteiger partial charge in [0.2, 0.25) is 0 Å². The summed E-state index contributed by atoms with van der Waals surface area (Å²) in [6.45, 7) is 3.61. The van der Waals surface area contributed by atoms with Crippen molar-refractivity contribution in [3.8, 4) is 17.6 Å². The molecule has 124 valence electrons. The zero-order valence-electron chi connectivity index (χ0n) is 13.4. The molecule has 0 bridgehead atoms. The lowest BCUT2D eigenvalue weighted by atomic mass is 10.0. The molecule has 0 atom stereocenters. The molecule has 1 fully saturated rings. The number of hydrogen-bond donors (Lipinski definition) is 0. The summed E-state index contributed by atoms with van der Waals surface area (Å²) in [6.07, 6.45) is 3.85. The Kier molecular flexibility index (Phi) is 5.66. The molecule has 24 heavy (non-hydrogen) atoms. The van der Waals surface area contributed by atoms with Gasteiger partial charge in [-0.15, -0.1) is 6.58 Å². The Morgan fingerprint density at radius 2 is 2.17 bits per heavy atom. The van der Waals surface area contributed by atoms with Crippen LogP contribution in [0.3, 0.4) is 0 Å². The average Bonchev–Trinajstić information content (AvgIpc) is 2.80. The molecule has 7 heteroatoms. The van der Waals surface area contributed by atoms with E-state index in [2.05, 4.69) is 6.58 Å². The van der Waals surface area contributed by atoms with Crippen LogP contribution in [0.15, 0.2) is 29.7 Å². The highest BCUT2D eigenvalue weighted by Crippen LogP contribution is 2.36. The van der Waals surface area contributed by atoms with Crippen LogP contribution in [0, 0.1) is 11.3 Å². The molecule has 6 nitrogen and oxygen atoms in total. The SMILES string of the molecule is C=CCc1cc(/C=C2\SC(=O)N(C)C2=O)cc(OC)c1OCC#N. The van der Waals surface area contributed by atoms with Gasteiger partial charge >= 0.3 is 0 Å². The molecule has 1 aliphatic heterocycles. The smallest absolute Gasteiger partial charge is 0.293 e. The summed E-state index contributed by atoms with van der Waals surface area (Å²) in [5, 5.41) is 8.41. The molecule has 2 rings (SSSR count). The number of thioether (sulfide) groups is 1. The van der Waals surface area contributed by atoms with Crippen molar-refractivity contribution in [2.24, 2.45) is 0 Å². The summed E-state index contributed by atoms with van der Waals surface area (Å²) in [6, 6.07) is 5.44. The van der Waals surface area contributed by atoms with Crippen LogP contribution < -0.4 is 9.47 Å². The van der Waals surface area contributed by atoms with E-state index in [1.54, 1.807) is 18.2 Å². The summed E-state index contributed by atoms with van der Waals surface area (Å²) < 4.78 is 10.8. The maximum Gasteiger partial charge on any atom is 0.293 e. The number of nitrogens with zero attached hydrogens (tertiary/aromatic N) is 2. The predicted octanol–water partition coefficient (Wildman–Crippen LogP) is 2.99. The number of methoxy groups -OCH3 is 1. The van der Waals surface area contributed by atoms with Gasteiger partial charge in [0.1, 0.15) is 6.07 Å². The van der Waals surface area contributed by atoms with Gasteiger partial charge in [-0.25, -0.2) is 0 Å². The fourth-order valence-corrected chi connectivity index (χ4v) is 3.02. The number of amides is 2. The first-order valence-corrected chi connectivity index (χ1v) is 7.86. The van der Waals surface area contributed by atoms with Gasteiger partial charge in [0.05, 0.1) is 12.0 Å². The van der Waals surface area contributed by atoms with Gasteiger partial charge in [0.25, 0.3) is 11.1 Å². The van der Waals surface area contributed by atoms with Crippen molar-refractivity contribution in [1.29, 1.82) is 5.26 Å². The third kappa shape index (κ3) is 3.60. The van der Waals surface area contributed by atoms with Gasteiger partial charge in [-0.05, 0) is 42.0 Å². The summed E-state index contributed by atoms with van der Waals surface area (Å²) in [4.78, 5) is 25.0. The van der Waals surface area contributed by atoms with Gasteiger partial charge in [-0.1, -0.05) is 6.08 Å². The van der Waals surface area contributed by atoms with Gasteiger partial charge in [-0.2, -0.15) is 5.26 Å². The Bertz CT molecular complexity index is 765. The van der Waals surface area contributed by atoms with E-state index in [1.165, 1.54) is 14.2 Å². The molecule has 1 aliphatic rings. The number of carbonyl (C=O) groups is 2. The van der Waals surface area contributed by atoms with E-state index >= 15 is 0 Å². The quantitative estimate of drug-likeness (QED) is 0.583. The second-order valence-electron chi connectivity index (χ2n) is 4.89. The largest absolute Gasteiger partial charge is 0.493 e. The zero-order chi connectivity index (χ0) is 17.7. The van der Waals surface area contributed by atoms with Crippen LogP contribution in [0.1, 0.15) is 11.1 Å². The number of hydrogen-bond acceptors (Lipinski definition) is 6. The lowest BCUT2D eigenvalue weighted by molar-refractivity contribution is -0.121. The standard InChI is InChI=1S/C17H16N2O4S/c1-4-5-12-8-11(9-13(22-3)15(12)23-7-6-18)10-14-16(20)19(2)17(21)24-14/h4,8-10H,1,5,7H2,2-3H3/b14-10-. The van der Waals surface area contributed by atoms with Gasteiger partial charge in [-0.3, -0.25) is 14.5 Å². The normalized spacial score (nSPS) is 15.5. The molecule has 1 saturated heterocycles. The third-order valence-electron chi connectivity index (χ3n) is 3.30. The molecule has 0 radical (unpaired) electrons. The van der Waals surface area contributed by atoms with Gasteiger partial charge in [0.15, 0.2) is 18.1 Å². The highest BCUT2D eigenvalue weighted by molar-refractivity contribution is 8.18. The lowest BCUT2D eigenvalue weighted by Crippen LogP contribution is -2.22. The maximum atomic E-state index is 12.0. The lowest BCUT2D eigenvalue weighted by Gasteiger charge is -2.14. The minimum atomic E-state index is -0.334. The number of allylic oxidation sites excluding steroid dienone is 1. The van der Waals surface area contributed by atoms with Crippen molar-refractivity contribution in [1.82, 2.24) is 4.90 Å². The molecule has 1 aromatic rings. The number of rotatable bonds is 6. The average molecular weight is 344 g/mol. The Morgan fingerprint density at radius 3 is 2.71 bits per heavy atom. The van der Waals surface area contributed by atoms with Crippen LogP contribution in [0.25, 0.3) is 6.08 Å². The Morgan fingerprint density at radius 1 is 1.42 bits per heavy atom. The van der Waals surface area contributed by atoms with Crippen LogP contribution in [0.2, 0.25) is 0 Å². The Balaban J connectivity index is 2.47. The van der Waals surface area contributed by atoms with Gasteiger partial charge in [0, 0.05) is 12.6 Å². The Hall–Kier alpha value is -2.72. The first-order chi connectivity index (χ1) is 11.5. The van der Waals surface area contributed by atoms with E-state index in [1.807, 2.05) is 12.1 Å². The zero-order valence-corrected chi connectivity index (χ0v) is 14.2. The predicted molar refractivity (Wildman–Crippen MR) is 91.7 cm³/mol. The highest BCUT2D eigenvalue weighted by Gasteiger charge is 2.31. The van der Waals surface area contributed by atoms with E-state index < -0.39 is 0 Å². The van der Waals surface area contributed by atoms with Crippen LogP contribution in [0.4, 0.5) is 4.79 Å². The third-order valence-corrected chi connectivity index (χ3v) is 4.26.